The molecule has 1 fully saturated rings. The van der Waals surface area contributed by atoms with E-state index in [1.807, 2.05) is 12.1 Å². The number of rotatable bonds is 3. The number of halogens is 1. The van der Waals surface area contributed by atoms with Gasteiger partial charge in [-0.15, -0.1) is 0 Å². The number of benzene rings is 2. The molecule has 0 bridgehead atoms. The van der Waals surface area contributed by atoms with Gasteiger partial charge in [0.25, 0.3) is 0 Å². The van der Waals surface area contributed by atoms with E-state index in [4.69, 9.17) is 0 Å². The fourth-order valence-corrected chi connectivity index (χ4v) is 3.50. The van der Waals surface area contributed by atoms with Crippen LogP contribution in [0.1, 0.15) is 22.6 Å². The van der Waals surface area contributed by atoms with E-state index >= 15 is 0 Å². The molecule has 4 rings (SSSR count). The van der Waals surface area contributed by atoms with Gasteiger partial charge in [0.2, 0.25) is 0 Å². The van der Waals surface area contributed by atoms with Crippen LogP contribution in [0.2, 0.25) is 0 Å². The summed E-state index contributed by atoms with van der Waals surface area (Å²) in [6, 6.07) is 16.3. The zero-order chi connectivity index (χ0) is 12.8. The fourth-order valence-electron chi connectivity index (χ4n) is 3.50. The lowest BCUT2D eigenvalue weighted by atomic mass is 10.1. The van der Waals surface area contributed by atoms with Gasteiger partial charge in [0.15, 0.2) is 0 Å². The Kier molecular flexibility index (Phi) is 2.46. The first-order valence-electron chi connectivity index (χ1n) is 6.89. The standard InChI is InChI=1S/C17H16FN/c18-15-8-4-2-6-12(15)10-19-17-14-9-11-5-1-3-7-13(11)16(14)17/h1-8,14,16-17,19H,9-10H2. The van der Waals surface area contributed by atoms with Crippen molar-refractivity contribution in [3.05, 3.63) is 71.0 Å². The highest BCUT2D eigenvalue weighted by molar-refractivity contribution is 5.45. The maximum absolute atomic E-state index is 13.5. The summed E-state index contributed by atoms with van der Waals surface area (Å²) in [4.78, 5) is 0. The van der Waals surface area contributed by atoms with Gasteiger partial charge in [0, 0.05) is 24.1 Å². The minimum atomic E-state index is -0.110. The maximum atomic E-state index is 13.5. The van der Waals surface area contributed by atoms with E-state index in [2.05, 4.69) is 29.6 Å². The molecule has 1 saturated carbocycles. The van der Waals surface area contributed by atoms with Crippen LogP contribution in [0.5, 0.6) is 0 Å². The van der Waals surface area contributed by atoms with Crippen molar-refractivity contribution in [3.8, 4) is 0 Å². The van der Waals surface area contributed by atoms with Crippen LogP contribution in [0.3, 0.4) is 0 Å². The molecule has 3 atom stereocenters. The van der Waals surface area contributed by atoms with Gasteiger partial charge in [-0.05, 0) is 29.5 Å². The van der Waals surface area contributed by atoms with E-state index in [1.54, 1.807) is 6.07 Å². The summed E-state index contributed by atoms with van der Waals surface area (Å²) >= 11 is 0. The van der Waals surface area contributed by atoms with Crippen LogP contribution in [-0.4, -0.2) is 6.04 Å². The predicted octanol–water partition coefficient (Wildman–Crippen LogP) is 3.25. The molecule has 2 heteroatoms. The van der Waals surface area contributed by atoms with E-state index in [0.29, 0.717) is 18.5 Å². The summed E-state index contributed by atoms with van der Waals surface area (Å²) in [5, 5.41) is 3.52. The Morgan fingerprint density at radius 2 is 1.84 bits per heavy atom. The molecular formula is C17H16FN. The normalized spacial score (nSPS) is 26.9. The average molecular weight is 253 g/mol. The molecule has 0 spiro atoms. The van der Waals surface area contributed by atoms with E-state index < -0.39 is 0 Å². The summed E-state index contributed by atoms with van der Waals surface area (Å²) in [6.45, 7) is 0.631. The first kappa shape index (κ1) is 11.2. The SMILES string of the molecule is Fc1ccccc1CNC1C2Cc3ccccc3C21. The van der Waals surface area contributed by atoms with Crippen molar-refractivity contribution in [1.29, 1.82) is 0 Å². The molecule has 2 aromatic carbocycles. The predicted molar refractivity (Wildman–Crippen MR) is 73.4 cm³/mol. The molecule has 0 saturated heterocycles. The zero-order valence-corrected chi connectivity index (χ0v) is 10.6. The third kappa shape index (κ3) is 1.79. The molecule has 2 aliphatic rings. The third-order valence-electron chi connectivity index (χ3n) is 4.52. The smallest absolute Gasteiger partial charge is 0.127 e. The van der Waals surface area contributed by atoms with Crippen LogP contribution in [0, 0.1) is 11.7 Å². The zero-order valence-electron chi connectivity index (χ0n) is 10.6. The second-order valence-corrected chi connectivity index (χ2v) is 5.59. The van der Waals surface area contributed by atoms with Crippen LogP contribution in [0.4, 0.5) is 4.39 Å². The fraction of sp³-hybridized carbons (Fsp3) is 0.294. The summed E-state index contributed by atoms with van der Waals surface area (Å²) in [7, 11) is 0. The Morgan fingerprint density at radius 1 is 1.05 bits per heavy atom. The molecule has 1 nitrogen and oxygen atoms in total. The number of hydrogen-bond acceptors (Lipinski definition) is 1. The second-order valence-electron chi connectivity index (χ2n) is 5.59. The van der Waals surface area contributed by atoms with Gasteiger partial charge in [-0.1, -0.05) is 42.5 Å². The molecule has 0 amide bonds. The Hall–Kier alpha value is -1.67. The van der Waals surface area contributed by atoms with Gasteiger partial charge < -0.3 is 5.32 Å². The average Bonchev–Trinajstić information content (AvgIpc) is 2.97. The molecule has 0 heterocycles. The number of nitrogens with one attached hydrogen (secondary N) is 1. The molecule has 1 N–H and O–H groups in total. The number of hydrogen-bond donors (Lipinski definition) is 1. The highest BCUT2D eigenvalue weighted by Crippen LogP contribution is 2.56. The van der Waals surface area contributed by atoms with Gasteiger partial charge >= 0.3 is 0 Å². The molecule has 96 valence electrons. The lowest BCUT2D eigenvalue weighted by Crippen LogP contribution is -2.21. The summed E-state index contributed by atoms with van der Waals surface area (Å²) in [6.07, 6.45) is 1.18. The van der Waals surface area contributed by atoms with Crippen molar-refractivity contribution in [3.63, 3.8) is 0 Å². The summed E-state index contributed by atoms with van der Waals surface area (Å²) < 4.78 is 13.5. The Bertz CT molecular complexity index is 622. The van der Waals surface area contributed by atoms with Crippen LogP contribution in [0.15, 0.2) is 48.5 Å². The van der Waals surface area contributed by atoms with E-state index in [0.717, 1.165) is 11.5 Å². The maximum Gasteiger partial charge on any atom is 0.127 e. The second kappa shape index (κ2) is 4.17. The van der Waals surface area contributed by atoms with Gasteiger partial charge in [-0.25, -0.2) is 4.39 Å². The van der Waals surface area contributed by atoms with Crippen molar-refractivity contribution >= 4 is 0 Å². The van der Waals surface area contributed by atoms with Gasteiger partial charge in [-0.2, -0.15) is 0 Å². The topological polar surface area (TPSA) is 12.0 Å². The van der Waals surface area contributed by atoms with Crippen molar-refractivity contribution < 1.29 is 4.39 Å². The van der Waals surface area contributed by atoms with Crippen molar-refractivity contribution in [2.45, 2.75) is 24.9 Å². The Labute approximate surface area is 112 Å². The lowest BCUT2D eigenvalue weighted by molar-refractivity contribution is 0.571. The van der Waals surface area contributed by atoms with E-state index in [-0.39, 0.29) is 5.82 Å². The van der Waals surface area contributed by atoms with Gasteiger partial charge in [0.1, 0.15) is 5.82 Å². The molecular weight excluding hydrogens is 237 g/mol. The quantitative estimate of drug-likeness (QED) is 0.885. The molecule has 0 aliphatic heterocycles. The molecule has 0 radical (unpaired) electrons. The van der Waals surface area contributed by atoms with Crippen LogP contribution < -0.4 is 5.32 Å². The molecule has 2 aliphatic carbocycles. The van der Waals surface area contributed by atoms with Crippen molar-refractivity contribution in [1.82, 2.24) is 5.32 Å². The van der Waals surface area contributed by atoms with Crippen LogP contribution in [-0.2, 0) is 13.0 Å². The molecule has 19 heavy (non-hydrogen) atoms. The van der Waals surface area contributed by atoms with Gasteiger partial charge in [-0.3, -0.25) is 0 Å². The highest BCUT2D eigenvalue weighted by atomic mass is 19.1. The third-order valence-corrected chi connectivity index (χ3v) is 4.52. The first-order valence-corrected chi connectivity index (χ1v) is 6.89. The first-order chi connectivity index (χ1) is 9.34. The van der Waals surface area contributed by atoms with Crippen LogP contribution >= 0.6 is 0 Å². The molecule has 0 aromatic heterocycles. The minimum Gasteiger partial charge on any atom is -0.309 e. The number of fused-ring (bicyclic) bond motifs is 3. The Balaban J connectivity index is 1.45. The van der Waals surface area contributed by atoms with Gasteiger partial charge in [0.05, 0.1) is 0 Å². The summed E-state index contributed by atoms with van der Waals surface area (Å²) in [5.74, 6) is 1.27. The Morgan fingerprint density at radius 3 is 2.74 bits per heavy atom. The lowest BCUT2D eigenvalue weighted by Gasteiger charge is -2.09. The monoisotopic (exact) mass is 253 g/mol. The van der Waals surface area contributed by atoms with Crippen molar-refractivity contribution in [2.24, 2.45) is 5.92 Å². The highest BCUT2D eigenvalue weighted by Gasteiger charge is 2.55. The van der Waals surface area contributed by atoms with E-state index in [1.165, 1.54) is 23.6 Å². The minimum absolute atomic E-state index is 0.110. The largest absolute Gasteiger partial charge is 0.309 e. The molecule has 3 unspecified atom stereocenters. The molecule has 2 aromatic rings. The van der Waals surface area contributed by atoms with Crippen LogP contribution in [0.25, 0.3) is 0 Å². The summed E-state index contributed by atoms with van der Waals surface area (Å²) in [5.41, 5.74) is 3.76. The van der Waals surface area contributed by atoms with E-state index in [9.17, 15) is 4.39 Å². The van der Waals surface area contributed by atoms with Crippen molar-refractivity contribution in [2.75, 3.05) is 0 Å².